The molecule has 1 saturated heterocycles. The number of benzene rings is 3. The minimum absolute atomic E-state index is 0.0511. The number of carbonyl (C=O) groups is 2. The number of amides is 1. The summed E-state index contributed by atoms with van der Waals surface area (Å²) in [6, 6.07) is 17.6. The normalized spacial score (nSPS) is 13.8. The lowest BCUT2D eigenvalue weighted by molar-refractivity contribution is 0.0453. The summed E-state index contributed by atoms with van der Waals surface area (Å²) in [7, 11) is 0. The van der Waals surface area contributed by atoms with Crippen LogP contribution in [0, 0.1) is 23.6 Å². The molecule has 0 atom stereocenters. The highest BCUT2D eigenvalue weighted by atomic mass is 35.5. The third kappa shape index (κ3) is 8.02. The second-order valence-electron chi connectivity index (χ2n) is 13.8. The second-order valence-corrected chi connectivity index (χ2v) is 14.2. The Bertz CT molecular complexity index is 1980. The van der Waals surface area contributed by atoms with E-state index < -0.39 is 11.8 Å². The van der Waals surface area contributed by atoms with E-state index in [-0.39, 0.29) is 30.0 Å². The maximum atomic E-state index is 14.3. The van der Waals surface area contributed by atoms with Crippen LogP contribution < -0.4 is 4.74 Å². The Balaban J connectivity index is 1.10. The molecular formula is C39H43ClFN5O4. The van der Waals surface area contributed by atoms with Gasteiger partial charge in [-0.1, -0.05) is 68.8 Å². The first kappa shape index (κ1) is 35.1. The summed E-state index contributed by atoms with van der Waals surface area (Å²) in [4.78, 5) is 31.5. The molecule has 0 unspecified atom stereocenters. The number of likely N-dealkylation sites (tertiary alicyclic amines) is 1. The van der Waals surface area contributed by atoms with Crippen molar-refractivity contribution in [1.29, 1.82) is 0 Å². The standard InChI is InChI=1S/C39H43ClFN5O4/c1-24(2)15-18-49-35-8-6-5-7-30(35)29-11-9-27(19-32(29)40)38(47)45-16-13-26(14-17-45)21-46-22-34(43-44-46)36-31-20-28(41)10-12-33(31)42-37(36)39(48)50-23-25(3)4/h5-12,19-20,22,24-26,42H,13-18,21,23H2,1-4H3. The van der Waals surface area contributed by atoms with E-state index in [1.807, 2.05) is 55.1 Å². The van der Waals surface area contributed by atoms with Crippen molar-refractivity contribution in [2.24, 2.45) is 17.8 Å². The second kappa shape index (κ2) is 15.5. The highest BCUT2D eigenvalue weighted by molar-refractivity contribution is 6.33. The number of aromatic nitrogens is 4. The fourth-order valence-corrected chi connectivity index (χ4v) is 6.53. The molecule has 262 valence electrons. The number of aromatic amines is 1. The van der Waals surface area contributed by atoms with E-state index in [9.17, 15) is 14.0 Å². The van der Waals surface area contributed by atoms with Crippen molar-refractivity contribution in [1.82, 2.24) is 24.9 Å². The molecule has 1 N–H and O–H groups in total. The van der Waals surface area contributed by atoms with Gasteiger partial charge in [0.05, 0.1) is 19.4 Å². The molecule has 3 heterocycles. The predicted molar refractivity (Wildman–Crippen MR) is 193 cm³/mol. The SMILES string of the molecule is CC(C)CCOc1ccccc1-c1ccc(C(=O)N2CCC(Cn3cc(-c4c(C(=O)OCC(C)C)[nH]c5ccc(F)cc45)nn3)CC2)cc1Cl. The van der Waals surface area contributed by atoms with E-state index in [1.165, 1.54) is 12.1 Å². The molecule has 0 radical (unpaired) electrons. The highest BCUT2D eigenvalue weighted by Crippen LogP contribution is 2.36. The minimum atomic E-state index is -0.524. The fourth-order valence-electron chi connectivity index (χ4n) is 6.25. The van der Waals surface area contributed by atoms with Crippen molar-refractivity contribution in [3.8, 4) is 28.1 Å². The molecule has 1 amide bonds. The average Bonchev–Trinajstić information content (AvgIpc) is 3.71. The van der Waals surface area contributed by atoms with Crippen molar-refractivity contribution in [2.75, 3.05) is 26.3 Å². The summed E-state index contributed by atoms with van der Waals surface area (Å²) < 4.78 is 27.6. The van der Waals surface area contributed by atoms with Gasteiger partial charge in [0.1, 0.15) is 23.0 Å². The highest BCUT2D eigenvalue weighted by Gasteiger charge is 2.27. The zero-order valence-electron chi connectivity index (χ0n) is 28.9. The van der Waals surface area contributed by atoms with Crippen molar-refractivity contribution >= 4 is 34.4 Å². The molecular weight excluding hydrogens is 657 g/mol. The Labute approximate surface area is 296 Å². The number of piperidine rings is 1. The molecule has 0 spiro atoms. The summed E-state index contributed by atoms with van der Waals surface area (Å²) >= 11 is 6.76. The van der Waals surface area contributed by atoms with Crippen LogP contribution in [0.25, 0.3) is 33.3 Å². The Kier molecular flexibility index (Phi) is 10.9. The van der Waals surface area contributed by atoms with Gasteiger partial charge in [0, 0.05) is 57.8 Å². The topological polar surface area (TPSA) is 102 Å². The number of hydrogen-bond acceptors (Lipinski definition) is 6. The van der Waals surface area contributed by atoms with Crippen LogP contribution >= 0.6 is 11.6 Å². The number of nitrogens with zero attached hydrogens (tertiary/aromatic N) is 4. The summed E-state index contributed by atoms with van der Waals surface area (Å²) in [5.41, 5.74) is 4.02. The summed E-state index contributed by atoms with van der Waals surface area (Å²) in [6.45, 7) is 10.9. The van der Waals surface area contributed by atoms with Crippen LogP contribution in [0.15, 0.2) is 66.9 Å². The van der Waals surface area contributed by atoms with Crippen molar-refractivity contribution in [3.63, 3.8) is 0 Å². The Morgan fingerprint density at radius 2 is 1.78 bits per heavy atom. The van der Waals surface area contributed by atoms with Gasteiger partial charge in [0.25, 0.3) is 5.91 Å². The number of ether oxygens (including phenoxy) is 2. The molecule has 1 aliphatic heterocycles. The molecule has 0 aliphatic carbocycles. The van der Waals surface area contributed by atoms with Gasteiger partial charge in [-0.3, -0.25) is 9.48 Å². The number of nitrogens with one attached hydrogen (secondary N) is 1. The monoisotopic (exact) mass is 699 g/mol. The molecule has 11 heteroatoms. The van der Waals surface area contributed by atoms with Gasteiger partial charge in [0.2, 0.25) is 0 Å². The first-order valence-corrected chi connectivity index (χ1v) is 17.6. The lowest BCUT2D eigenvalue weighted by Crippen LogP contribution is -2.39. The number of para-hydroxylation sites is 1. The summed E-state index contributed by atoms with van der Waals surface area (Å²) in [6.07, 6.45) is 4.32. The molecule has 0 saturated carbocycles. The number of carbonyl (C=O) groups excluding carboxylic acids is 2. The van der Waals surface area contributed by atoms with Gasteiger partial charge in [-0.15, -0.1) is 5.10 Å². The molecule has 5 aromatic rings. The number of hydrogen-bond donors (Lipinski definition) is 1. The lowest BCUT2D eigenvalue weighted by atomic mass is 9.96. The average molecular weight is 700 g/mol. The van der Waals surface area contributed by atoms with E-state index >= 15 is 0 Å². The van der Waals surface area contributed by atoms with Crippen molar-refractivity contribution in [2.45, 2.75) is 53.5 Å². The number of H-pyrrole nitrogens is 1. The Morgan fingerprint density at radius 3 is 2.52 bits per heavy atom. The molecule has 50 heavy (non-hydrogen) atoms. The minimum Gasteiger partial charge on any atom is -0.493 e. The van der Waals surface area contributed by atoms with E-state index in [0.717, 1.165) is 36.1 Å². The largest absolute Gasteiger partial charge is 0.493 e. The predicted octanol–water partition coefficient (Wildman–Crippen LogP) is 8.68. The molecule has 9 nitrogen and oxygen atoms in total. The van der Waals surface area contributed by atoms with E-state index in [0.29, 0.717) is 64.9 Å². The molecule has 2 aromatic heterocycles. The quantitative estimate of drug-likeness (QED) is 0.131. The van der Waals surface area contributed by atoms with Crippen LogP contribution in [0.1, 0.15) is 67.8 Å². The third-order valence-electron chi connectivity index (χ3n) is 9.00. The molecule has 6 rings (SSSR count). The Hall–Kier alpha value is -4.70. The summed E-state index contributed by atoms with van der Waals surface area (Å²) in [5, 5.41) is 9.75. The number of halogens is 2. The molecule has 1 fully saturated rings. The van der Waals surface area contributed by atoms with Crippen molar-refractivity contribution < 1.29 is 23.5 Å². The van der Waals surface area contributed by atoms with Crippen LogP contribution in [0.4, 0.5) is 4.39 Å². The van der Waals surface area contributed by atoms with Crippen LogP contribution in [0.2, 0.25) is 5.02 Å². The maximum absolute atomic E-state index is 14.3. The maximum Gasteiger partial charge on any atom is 0.355 e. The first-order chi connectivity index (χ1) is 24.1. The lowest BCUT2D eigenvalue weighted by Gasteiger charge is -2.32. The van der Waals surface area contributed by atoms with Gasteiger partial charge < -0.3 is 19.4 Å². The number of rotatable bonds is 12. The van der Waals surface area contributed by atoms with Crippen LogP contribution in [0.3, 0.4) is 0 Å². The Morgan fingerprint density at radius 1 is 1.00 bits per heavy atom. The fraction of sp³-hybridized carbons (Fsp3) is 0.385. The van der Waals surface area contributed by atoms with Gasteiger partial charge >= 0.3 is 5.97 Å². The van der Waals surface area contributed by atoms with Gasteiger partial charge in [-0.25, -0.2) is 9.18 Å². The van der Waals surface area contributed by atoms with Crippen LogP contribution in [-0.2, 0) is 11.3 Å². The van der Waals surface area contributed by atoms with E-state index in [2.05, 4.69) is 29.1 Å². The molecule has 3 aromatic carbocycles. The first-order valence-electron chi connectivity index (χ1n) is 17.3. The van der Waals surface area contributed by atoms with Crippen LogP contribution in [0.5, 0.6) is 5.75 Å². The third-order valence-corrected chi connectivity index (χ3v) is 9.31. The van der Waals surface area contributed by atoms with Gasteiger partial charge in [-0.2, -0.15) is 0 Å². The van der Waals surface area contributed by atoms with Crippen LogP contribution in [-0.4, -0.2) is 63.1 Å². The molecule has 0 bridgehead atoms. The zero-order valence-corrected chi connectivity index (χ0v) is 29.7. The van der Waals surface area contributed by atoms with Gasteiger partial charge in [0.15, 0.2) is 0 Å². The number of esters is 1. The van der Waals surface area contributed by atoms with E-state index in [1.54, 1.807) is 23.0 Å². The zero-order chi connectivity index (χ0) is 35.4. The van der Waals surface area contributed by atoms with E-state index in [4.69, 9.17) is 21.1 Å². The van der Waals surface area contributed by atoms with Crippen molar-refractivity contribution in [3.05, 3.63) is 89.0 Å². The number of fused-ring (bicyclic) bond motifs is 1. The van der Waals surface area contributed by atoms with Gasteiger partial charge in [-0.05, 0) is 73.4 Å². The summed E-state index contributed by atoms with van der Waals surface area (Å²) in [5.74, 6) is 0.756. The smallest absolute Gasteiger partial charge is 0.355 e. The molecule has 1 aliphatic rings.